The van der Waals surface area contributed by atoms with Crippen LogP contribution in [-0.2, 0) is 11.3 Å². The Morgan fingerprint density at radius 2 is 2.18 bits per heavy atom. The first-order valence-corrected chi connectivity index (χ1v) is 5.37. The van der Waals surface area contributed by atoms with E-state index in [9.17, 15) is 10.1 Å². The molecule has 1 rings (SSSR count). The number of hydrogen-bond acceptors (Lipinski definition) is 5. The number of ether oxygens (including phenoxy) is 2. The van der Waals surface area contributed by atoms with Gasteiger partial charge in [0.1, 0.15) is 12.4 Å². The molecule has 0 saturated heterocycles. The van der Waals surface area contributed by atoms with Crippen LogP contribution in [0, 0.1) is 10.1 Å². The molecule has 2 N–H and O–H groups in total. The molecule has 0 aliphatic carbocycles. The van der Waals surface area contributed by atoms with Crippen LogP contribution in [-0.4, -0.2) is 24.7 Å². The number of benzene rings is 1. The summed E-state index contributed by atoms with van der Waals surface area (Å²) in [6.07, 6.45) is 0. The molecule has 0 atom stereocenters. The van der Waals surface area contributed by atoms with Crippen LogP contribution in [0.1, 0.15) is 12.5 Å². The molecule has 0 aliphatic rings. The van der Waals surface area contributed by atoms with Crippen LogP contribution in [0.4, 0.5) is 5.69 Å². The normalized spacial score (nSPS) is 10.2. The molecule has 0 fully saturated rings. The summed E-state index contributed by atoms with van der Waals surface area (Å²) in [5.41, 5.74) is 6.15. The summed E-state index contributed by atoms with van der Waals surface area (Å²) < 4.78 is 10.6. The van der Waals surface area contributed by atoms with Crippen LogP contribution in [0.2, 0.25) is 0 Å². The lowest BCUT2D eigenvalue weighted by Gasteiger charge is -2.10. The number of non-ortho nitro benzene ring substituents is 1. The van der Waals surface area contributed by atoms with Crippen molar-refractivity contribution in [1.29, 1.82) is 0 Å². The van der Waals surface area contributed by atoms with Crippen LogP contribution in [0.3, 0.4) is 0 Å². The monoisotopic (exact) mass is 240 g/mol. The van der Waals surface area contributed by atoms with E-state index in [4.69, 9.17) is 15.2 Å². The fraction of sp³-hybridized carbons (Fsp3) is 0.455. The molecule has 1 aromatic rings. The van der Waals surface area contributed by atoms with Gasteiger partial charge in [-0.05, 0) is 13.0 Å². The lowest BCUT2D eigenvalue weighted by molar-refractivity contribution is -0.384. The minimum atomic E-state index is -0.455. The number of nitro benzene ring substituents is 1. The quantitative estimate of drug-likeness (QED) is 0.443. The minimum absolute atomic E-state index is 0.0163. The van der Waals surface area contributed by atoms with Gasteiger partial charge < -0.3 is 15.2 Å². The molecule has 0 unspecified atom stereocenters. The number of rotatable bonds is 7. The highest BCUT2D eigenvalue weighted by atomic mass is 16.6. The fourth-order valence-corrected chi connectivity index (χ4v) is 1.33. The second-order valence-electron chi connectivity index (χ2n) is 3.30. The molecule has 94 valence electrons. The third kappa shape index (κ3) is 4.01. The van der Waals surface area contributed by atoms with Gasteiger partial charge >= 0.3 is 0 Å². The lowest BCUT2D eigenvalue weighted by atomic mass is 10.2. The van der Waals surface area contributed by atoms with Gasteiger partial charge in [-0.25, -0.2) is 0 Å². The van der Waals surface area contributed by atoms with Crippen molar-refractivity contribution in [3.63, 3.8) is 0 Å². The van der Waals surface area contributed by atoms with Crippen LogP contribution in [0.25, 0.3) is 0 Å². The van der Waals surface area contributed by atoms with E-state index in [0.717, 1.165) is 0 Å². The molecule has 0 heterocycles. The van der Waals surface area contributed by atoms with E-state index >= 15 is 0 Å². The first kappa shape index (κ1) is 13.4. The smallest absolute Gasteiger partial charge is 0.270 e. The van der Waals surface area contributed by atoms with Crippen LogP contribution < -0.4 is 10.5 Å². The Labute approximate surface area is 99.5 Å². The second-order valence-corrected chi connectivity index (χ2v) is 3.30. The van der Waals surface area contributed by atoms with Gasteiger partial charge in [0.25, 0.3) is 5.69 Å². The van der Waals surface area contributed by atoms with E-state index in [-0.39, 0.29) is 12.2 Å². The van der Waals surface area contributed by atoms with Crippen molar-refractivity contribution < 1.29 is 14.4 Å². The highest BCUT2D eigenvalue weighted by Gasteiger charge is 2.10. The standard InChI is InChI=1S/C11H16N2O4/c1-2-16-5-6-17-11-4-3-10(13(14)15)7-9(11)8-12/h3-4,7H,2,5-6,8,12H2,1H3. The van der Waals surface area contributed by atoms with Gasteiger partial charge in [-0.3, -0.25) is 10.1 Å². The zero-order valence-electron chi connectivity index (χ0n) is 9.72. The fourth-order valence-electron chi connectivity index (χ4n) is 1.33. The maximum Gasteiger partial charge on any atom is 0.270 e. The molecular formula is C11H16N2O4. The summed E-state index contributed by atoms with van der Waals surface area (Å²) in [5.74, 6) is 0.567. The Kier molecular flexibility index (Phi) is 5.38. The third-order valence-corrected chi connectivity index (χ3v) is 2.16. The maximum atomic E-state index is 10.6. The van der Waals surface area contributed by atoms with Crippen molar-refractivity contribution in [3.05, 3.63) is 33.9 Å². The van der Waals surface area contributed by atoms with Gasteiger partial charge in [0.2, 0.25) is 0 Å². The SMILES string of the molecule is CCOCCOc1ccc([N+](=O)[O-])cc1CN. The summed E-state index contributed by atoms with van der Waals surface area (Å²) in [7, 11) is 0. The largest absolute Gasteiger partial charge is 0.491 e. The Hall–Kier alpha value is -1.66. The molecule has 6 nitrogen and oxygen atoms in total. The third-order valence-electron chi connectivity index (χ3n) is 2.16. The summed E-state index contributed by atoms with van der Waals surface area (Å²) in [4.78, 5) is 10.1. The summed E-state index contributed by atoms with van der Waals surface area (Å²) in [6, 6.07) is 4.39. The average Bonchev–Trinajstić information content (AvgIpc) is 2.34. The van der Waals surface area contributed by atoms with Gasteiger partial charge in [-0.1, -0.05) is 0 Å². The van der Waals surface area contributed by atoms with Crippen LogP contribution in [0.15, 0.2) is 18.2 Å². The number of nitrogens with zero attached hydrogens (tertiary/aromatic N) is 1. The van der Waals surface area contributed by atoms with E-state index in [2.05, 4.69) is 0 Å². The van der Waals surface area contributed by atoms with Crippen molar-refractivity contribution in [1.82, 2.24) is 0 Å². The number of hydrogen-bond donors (Lipinski definition) is 1. The van der Waals surface area contributed by atoms with E-state index in [1.54, 1.807) is 6.07 Å². The molecule has 0 aliphatic heterocycles. The van der Waals surface area contributed by atoms with Crippen molar-refractivity contribution in [2.75, 3.05) is 19.8 Å². The van der Waals surface area contributed by atoms with Crippen molar-refractivity contribution in [3.8, 4) is 5.75 Å². The van der Waals surface area contributed by atoms with Gasteiger partial charge in [0.15, 0.2) is 0 Å². The molecule has 0 radical (unpaired) electrons. The van der Waals surface area contributed by atoms with Crippen molar-refractivity contribution in [2.45, 2.75) is 13.5 Å². The molecule has 6 heteroatoms. The lowest BCUT2D eigenvalue weighted by Crippen LogP contribution is -2.09. The van der Waals surface area contributed by atoms with E-state index in [0.29, 0.717) is 31.1 Å². The highest BCUT2D eigenvalue weighted by molar-refractivity contribution is 5.43. The number of nitro groups is 1. The first-order valence-electron chi connectivity index (χ1n) is 5.37. The molecule has 17 heavy (non-hydrogen) atoms. The Balaban J connectivity index is 2.68. The zero-order chi connectivity index (χ0) is 12.7. The van der Waals surface area contributed by atoms with Crippen molar-refractivity contribution >= 4 is 5.69 Å². The number of nitrogens with two attached hydrogens (primary N) is 1. The Morgan fingerprint density at radius 1 is 1.41 bits per heavy atom. The minimum Gasteiger partial charge on any atom is -0.491 e. The molecule has 0 bridgehead atoms. The Bertz CT molecular complexity index is 382. The summed E-state index contributed by atoms with van der Waals surface area (Å²) in [5, 5.41) is 10.6. The molecular weight excluding hydrogens is 224 g/mol. The second kappa shape index (κ2) is 6.82. The van der Waals surface area contributed by atoms with Gasteiger partial charge in [0, 0.05) is 30.8 Å². The first-order chi connectivity index (χ1) is 8.19. The predicted octanol–water partition coefficient (Wildman–Crippen LogP) is 1.47. The maximum absolute atomic E-state index is 10.6. The molecule has 0 saturated carbocycles. The van der Waals surface area contributed by atoms with Gasteiger partial charge in [-0.15, -0.1) is 0 Å². The average molecular weight is 240 g/mol. The molecule has 1 aromatic carbocycles. The topological polar surface area (TPSA) is 87.6 Å². The highest BCUT2D eigenvalue weighted by Crippen LogP contribution is 2.23. The van der Waals surface area contributed by atoms with E-state index in [1.807, 2.05) is 6.92 Å². The van der Waals surface area contributed by atoms with Crippen LogP contribution in [0.5, 0.6) is 5.75 Å². The predicted molar refractivity (Wildman–Crippen MR) is 63.0 cm³/mol. The molecule has 0 aromatic heterocycles. The molecule has 0 spiro atoms. The summed E-state index contributed by atoms with van der Waals surface area (Å²) in [6.45, 7) is 3.62. The van der Waals surface area contributed by atoms with Crippen molar-refractivity contribution in [2.24, 2.45) is 5.73 Å². The zero-order valence-corrected chi connectivity index (χ0v) is 9.72. The van der Waals surface area contributed by atoms with Gasteiger partial charge in [-0.2, -0.15) is 0 Å². The van der Waals surface area contributed by atoms with E-state index in [1.165, 1.54) is 12.1 Å². The molecule has 0 amide bonds. The van der Waals surface area contributed by atoms with Crippen LogP contribution >= 0.6 is 0 Å². The summed E-state index contributed by atoms with van der Waals surface area (Å²) >= 11 is 0. The Morgan fingerprint density at radius 3 is 2.76 bits per heavy atom. The van der Waals surface area contributed by atoms with Gasteiger partial charge in [0.05, 0.1) is 11.5 Å². The van der Waals surface area contributed by atoms with E-state index < -0.39 is 4.92 Å².